The lowest BCUT2D eigenvalue weighted by Crippen LogP contribution is -1.99. The molecule has 86 valence electrons. The minimum Gasteiger partial charge on any atom is -0.444 e. The highest BCUT2D eigenvalue weighted by Gasteiger charge is 2.13. The smallest absolute Gasteiger partial charge is 0.211 e. The highest BCUT2D eigenvalue weighted by Crippen LogP contribution is 2.25. The van der Waals surface area contributed by atoms with E-state index in [1.165, 1.54) is 0 Å². The summed E-state index contributed by atoms with van der Waals surface area (Å²) in [5.74, 6) is 1.35. The molecule has 17 heavy (non-hydrogen) atoms. The summed E-state index contributed by atoms with van der Waals surface area (Å²) in [6, 6.07) is 12.2. The van der Waals surface area contributed by atoms with Gasteiger partial charge in [-0.15, -0.1) is 0 Å². The average molecular weight is 226 g/mol. The molecule has 0 aliphatic carbocycles. The Hall–Kier alpha value is -2.21. The number of nitrogens with one attached hydrogen (secondary N) is 1. The van der Waals surface area contributed by atoms with Crippen LogP contribution in [-0.4, -0.2) is 0 Å². The average Bonchev–Trinajstić information content (AvgIpc) is 2.63. The van der Waals surface area contributed by atoms with Crippen LogP contribution in [0.1, 0.15) is 22.5 Å². The van der Waals surface area contributed by atoms with Gasteiger partial charge in [0.25, 0.3) is 0 Å². The summed E-state index contributed by atoms with van der Waals surface area (Å²) in [5.41, 5.74) is 2.66. The zero-order chi connectivity index (χ0) is 12.3. The number of nitrogens with zero attached hydrogens (tertiary/aromatic N) is 1. The minimum absolute atomic E-state index is 0.561. The molecule has 1 heterocycles. The Balaban J connectivity index is 2.15. The molecule has 0 atom stereocenters. The summed E-state index contributed by atoms with van der Waals surface area (Å²) in [5, 5.41) is 12.2. The second-order valence-corrected chi connectivity index (χ2v) is 3.94. The van der Waals surface area contributed by atoms with Crippen LogP contribution in [-0.2, 0) is 6.54 Å². The van der Waals surface area contributed by atoms with E-state index in [1.54, 1.807) is 0 Å². The molecule has 3 heteroatoms. The van der Waals surface area contributed by atoms with Gasteiger partial charge in [-0.2, -0.15) is 5.26 Å². The maximum atomic E-state index is 9.06. The number of hydrogen-bond acceptors (Lipinski definition) is 3. The van der Waals surface area contributed by atoms with E-state index in [1.807, 2.05) is 44.2 Å². The summed E-state index contributed by atoms with van der Waals surface area (Å²) in [6.07, 6.45) is 0. The molecule has 0 spiro atoms. The normalized spacial score (nSPS) is 9.94. The van der Waals surface area contributed by atoms with Crippen LogP contribution in [0.2, 0.25) is 0 Å². The van der Waals surface area contributed by atoms with Gasteiger partial charge in [0.05, 0.1) is 0 Å². The summed E-state index contributed by atoms with van der Waals surface area (Å²) in [6.45, 7) is 4.41. The fourth-order valence-corrected chi connectivity index (χ4v) is 1.66. The first-order valence-electron chi connectivity index (χ1n) is 5.50. The van der Waals surface area contributed by atoms with Crippen LogP contribution in [0.5, 0.6) is 0 Å². The SMILES string of the molecule is Cc1oc(NCc2ccccc2)c(C#N)c1C. The minimum atomic E-state index is 0.561. The summed E-state index contributed by atoms with van der Waals surface area (Å²) in [4.78, 5) is 0. The topological polar surface area (TPSA) is 49.0 Å². The predicted molar refractivity (Wildman–Crippen MR) is 66.7 cm³/mol. The Morgan fingerprint density at radius 2 is 1.94 bits per heavy atom. The number of nitriles is 1. The van der Waals surface area contributed by atoms with Crippen molar-refractivity contribution in [2.45, 2.75) is 20.4 Å². The quantitative estimate of drug-likeness (QED) is 0.872. The van der Waals surface area contributed by atoms with Crippen LogP contribution < -0.4 is 5.32 Å². The first-order chi connectivity index (χ1) is 8.22. The molecule has 1 aromatic heterocycles. The van der Waals surface area contributed by atoms with Gasteiger partial charge in [0.1, 0.15) is 17.4 Å². The number of hydrogen-bond donors (Lipinski definition) is 1. The van der Waals surface area contributed by atoms with Crippen molar-refractivity contribution in [3.8, 4) is 6.07 Å². The van der Waals surface area contributed by atoms with Crippen LogP contribution in [0.25, 0.3) is 0 Å². The lowest BCUT2D eigenvalue weighted by molar-refractivity contribution is 0.543. The van der Waals surface area contributed by atoms with E-state index in [4.69, 9.17) is 9.68 Å². The fraction of sp³-hybridized carbons (Fsp3) is 0.214. The van der Waals surface area contributed by atoms with Crippen LogP contribution in [0, 0.1) is 25.2 Å². The fourth-order valence-electron chi connectivity index (χ4n) is 1.66. The van der Waals surface area contributed by atoms with Gasteiger partial charge >= 0.3 is 0 Å². The van der Waals surface area contributed by atoms with Crippen LogP contribution in [0.3, 0.4) is 0 Å². The predicted octanol–water partition coefficient (Wildman–Crippen LogP) is 3.38. The molecule has 0 saturated carbocycles. The molecule has 1 N–H and O–H groups in total. The lowest BCUT2D eigenvalue weighted by Gasteiger charge is -2.03. The monoisotopic (exact) mass is 226 g/mol. The number of furan rings is 1. The van der Waals surface area contributed by atoms with Crippen LogP contribution >= 0.6 is 0 Å². The first-order valence-corrected chi connectivity index (χ1v) is 5.50. The summed E-state index contributed by atoms with van der Waals surface area (Å²) >= 11 is 0. The van der Waals surface area contributed by atoms with Crippen molar-refractivity contribution >= 4 is 5.88 Å². The number of aryl methyl sites for hydroxylation is 1. The molecule has 0 unspecified atom stereocenters. The summed E-state index contributed by atoms with van der Waals surface area (Å²) in [7, 11) is 0. The van der Waals surface area contributed by atoms with E-state index in [2.05, 4.69) is 11.4 Å². The van der Waals surface area contributed by atoms with Crippen LogP contribution in [0.4, 0.5) is 5.88 Å². The number of rotatable bonds is 3. The van der Waals surface area contributed by atoms with E-state index in [0.717, 1.165) is 16.9 Å². The van der Waals surface area contributed by atoms with Gasteiger partial charge in [-0.05, 0) is 19.4 Å². The molecule has 0 amide bonds. The van der Waals surface area contributed by atoms with Crippen molar-refractivity contribution in [3.05, 3.63) is 52.8 Å². The third kappa shape index (κ3) is 2.31. The van der Waals surface area contributed by atoms with Gasteiger partial charge in [-0.3, -0.25) is 0 Å². The van der Waals surface area contributed by atoms with E-state index >= 15 is 0 Å². The van der Waals surface area contributed by atoms with Crippen molar-refractivity contribution in [2.24, 2.45) is 0 Å². The van der Waals surface area contributed by atoms with Gasteiger partial charge < -0.3 is 9.73 Å². The van der Waals surface area contributed by atoms with E-state index in [0.29, 0.717) is 18.0 Å². The highest BCUT2D eigenvalue weighted by molar-refractivity contribution is 5.56. The van der Waals surface area contributed by atoms with Crippen molar-refractivity contribution < 1.29 is 4.42 Å². The van der Waals surface area contributed by atoms with E-state index < -0.39 is 0 Å². The standard InChI is InChI=1S/C14H14N2O/c1-10-11(2)17-14(13(10)8-15)16-9-12-6-4-3-5-7-12/h3-7,16H,9H2,1-2H3. The molecular formula is C14H14N2O. The van der Waals surface area contributed by atoms with Gasteiger partial charge in [0.15, 0.2) is 0 Å². The Bertz CT molecular complexity index is 550. The summed E-state index contributed by atoms with van der Waals surface area (Å²) < 4.78 is 5.52. The third-order valence-electron chi connectivity index (χ3n) is 2.79. The second kappa shape index (κ2) is 4.75. The Labute approximate surface area is 101 Å². The maximum absolute atomic E-state index is 9.06. The van der Waals surface area contributed by atoms with Gasteiger partial charge in [0.2, 0.25) is 5.88 Å². The van der Waals surface area contributed by atoms with Crippen molar-refractivity contribution in [1.82, 2.24) is 0 Å². The molecule has 0 bridgehead atoms. The Kier molecular flexibility index (Phi) is 3.15. The zero-order valence-electron chi connectivity index (χ0n) is 9.95. The molecule has 0 radical (unpaired) electrons. The maximum Gasteiger partial charge on any atom is 0.211 e. The molecule has 0 fully saturated rings. The lowest BCUT2D eigenvalue weighted by atomic mass is 10.2. The molecule has 3 nitrogen and oxygen atoms in total. The molecule has 0 aliphatic rings. The van der Waals surface area contributed by atoms with Crippen LogP contribution in [0.15, 0.2) is 34.7 Å². The van der Waals surface area contributed by atoms with Crippen molar-refractivity contribution in [3.63, 3.8) is 0 Å². The van der Waals surface area contributed by atoms with Gasteiger partial charge in [0, 0.05) is 12.1 Å². The Morgan fingerprint density at radius 1 is 1.24 bits per heavy atom. The Morgan fingerprint density at radius 3 is 2.59 bits per heavy atom. The van der Waals surface area contributed by atoms with Crippen molar-refractivity contribution in [1.29, 1.82) is 5.26 Å². The third-order valence-corrected chi connectivity index (χ3v) is 2.79. The molecule has 2 aromatic rings. The molecule has 0 saturated heterocycles. The number of anilines is 1. The largest absolute Gasteiger partial charge is 0.444 e. The van der Waals surface area contributed by atoms with E-state index in [-0.39, 0.29) is 0 Å². The van der Waals surface area contributed by atoms with E-state index in [9.17, 15) is 0 Å². The molecular weight excluding hydrogens is 212 g/mol. The second-order valence-electron chi connectivity index (χ2n) is 3.94. The molecule has 0 aliphatic heterocycles. The first kappa shape index (κ1) is 11.3. The van der Waals surface area contributed by atoms with Gasteiger partial charge in [-0.25, -0.2) is 0 Å². The van der Waals surface area contributed by atoms with Gasteiger partial charge in [-0.1, -0.05) is 30.3 Å². The number of benzene rings is 1. The highest BCUT2D eigenvalue weighted by atomic mass is 16.4. The zero-order valence-corrected chi connectivity index (χ0v) is 9.95. The van der Waals surface area contributed by atoms with Crippen molar-refractivity contribution in [2.75, 3.05) is 5.32 Å². The molecule has 1 aromatic carbocycles. The molecule has 2 rings (SSSR count).